The van der Waals surface area contributed by atoms with Gasteiger partial charge in [0.1, 0.15) is 5.75 Å². The molecule has 0 unspecified atom stereocenters. The van der Waals surface area contributed by atoms with Crippen molar-refractivity contribution >= 4 is 53.8 Å². The summed E-state index contributed by atoms with van der Waals surface area (Å²) in [5, 5.41) is 11.5. The van der Waals surface area contributed by atoms with Gasteiger partial charge >= 0.3 is 5.97 Å². The topological polar surface area (TPSA) is 112 Å². The van der Waals surface area contributed by atoms with Gasteiger partial charge < -0.3 is 24.2 Å². The number of Topliss-reactive ketones (excluding diaryl/α,β-unsaturated/α-hetero) is 1. The Hall–Kier alpha value is -3.51. The second-order valence-corrected chi connectivity index (χ2v) is 15.2. The number of carbonyl (C=O) groups excluding carboxylic acids is 3. The number of ether oxygens (including phenoxy) is 3. The van der Waals surface area contributed by atoms with E-state index < -0.39 is 27.6 Å². The Morgan fingerprint density at radius 3 is 2.44 bits per heavy atom. The Morgan fingerprint density at radius 2 is 1.68 bits per heavy atom. The molecule has 0 aromatic heterocycles. The van der Waals surface area contributed by atoms with Crippen LogP contribution >= 0.6 is 24.8 Å². The van der Waals surface area contributed by atoms with E-state index in [-0.39, 0.29) is 60.7 Å². The van der Waals surface area contributed by atoms with Crippen LogP contribution in [0, 0.1) is 5.41 Å². The first-order valence-electron chi connectivity index (χ1n) is 17.2. The maximum atomic E-state index is 15.6. The molecule has 2 aromatic rings. The van der Waals surface area contributed by atoms with E-state index in [0.717, 1.165) is 43.6 Å². The molecule has 8 aliphatic rings. The predicted molar refractivity (Wildman–Crippen MR) is 189 cm³/mol. The van der Waals surface area contributed by atoms with Crippen molar-refractivity contribution in [2.45, 2.75) is 73.2 Å². The molecule has 5 saturated heterocycles. The number of benzene rings is 2. The van der Waals surface area contributed by atoms with Crippen LogP contribution in [0.2, 0.25) is 0 Å². The number of ketones is 1. The number of methoxy groups -OCH3 is 2. The molecule has 5 fully saturated rings. The molecule has 1 N–H and O–H groups in total. The SMILES string of the molecule is COc1c([C@@]23CCN(C)[C@]4(CCC(=O)N4c4c(O)cccc42)C3=O)cc2c(c1OC)N(C)[C@@H]1C=C[C@@]34CCCN5CC[C@@]21[C@]53OC(=O)C4.Cl.Cl. The Morgan fingerprint density at radius 1 is 0.900 bits per heavy atom. The van der Waals surface area contributed by atoms with Crippen molar-refractivity contribution in [2.24, 2.45) is 5.41 Å². The molecule has 0 radical (unpaired) electrons. The molecular formula is C37H42Cl2N4O7. The number of likely N-dealkylation sites (N-methyl/N-ethyl adjacent to an activating group) is 2. The summed E-state index contributed by atoms with van der Waals surface area (Å²) < 4.78 is 19.3. The fourth-order valence-electron chi connectivity index (χ4n) is 12.3. The van der Waals surface area contributed by atoms with Crippen molar-refractivity contribution < 1.29 is 33.7 Å². The molecule has 7 heterocycles. The number of fused-ring (bicyclic) bond motifs is 5. The maximum absolute atomic E-state index is 15.6. The average molecular weight is 726 g/mol. The van der Waals surface area contributed by atoms with Crippen molar-refractivity contribution in [2.75, 3.05) is 57.7 Å². The van der Waals surface area contributed by atoms with Gasteiger partial charge in [-0.2, -0.15) is 0 Å². The number of para-hydroxylation sites is 1. The number of nitrogens with zero attached hydrogens (tertiary/aromatic N) is 4. The summed E-state index contributed by atoms with van der Waals surface area (Å²) in [6.45, 7) is 2.18. The highest BCUT2D eigenvalue weighted by Crippen LogP contribution is 2.73. The van der Waals surface area contributed by atoms with Gasteiger partial charge in [-0.25, -0.2) is 0 Å². The number of carbonyl (C=O) groups is 3. The third-order valence-corrected chi connectivity index (χ3v) is 13.9. The lowest BCUT2D eigenvalue weighted by Gasteiger charge is -2.59. The van der Waals surface area contributed by atoms with Gasteiger partial charge in [-0.05, 0) is 56.0 Å². The molecule has 1 amide bonds. The third-order valence-electron chi connectivity index (χ3n) is 13.9. The fourth-order valence-corrected chi connectivity index (χ4v) is 12.3. The number of halogens is 2. The highest BCUT2D eigenvalue weighted by atomic mass is 35.5. The van der Waals surface area contributed by atoms with E-state index in [0.29, 0.717) is 54.1 Å². The number of aromatic hydroxyl groups is 1. The molecule has 2 aromatic carbocycles. The van der Waals surface area contributed by atoms with Gasteiger partial charge in [0.2, 0.25) is 5.91 Å². The number of piperidine rings is 2. The summed E-state index contributed by atoms with van der Waals surface area (Å²) in [6, 6.07) is 7.26. The van der Waals surface area contributed by atoms with Crippen LogP contribution in [0.4, 0.5) is 11.4 Å². The van der Waals surface area contributed by atoms with Crippen LogP contribution in [0.15, 0.2) is 36.4 Å². The summed E-state index contributed by atoms with van der Waals surface area (Å²) in [4.78, 5) is 50.9. The van der Waals surface area contributed by atoms with Crippen LogP contribution in [-0.2, 0) is 30.0 Å². The first-order valence-corrected chi connectivity index (χ1v) is 17.2. The van der Waals surface area contributed by atoms with Crippen LogP contribution in [0.1, 0.15) is 61.6 Å². The number of anilines is 2. The summed E-state index contributed by atoms with van der Waals surface area (Å²) in [7, 11) is 7.21. The van der Waals surface area contributed by atoms with Gasteiger partial charge in [0.15, 0.2) is 28.7 Å². The molecule has 3 spiro atoms. The Balaban J connectivity index is 0.00000180. The van der Waals surface area contributed by atoms with E-state index in [1.807, 2.05) is 18.0 Å². The lowest BCUT2D eigenvalue weighted by molar-refractivity contribution is -0.207. The maximum Gasteiger partial charge on any atom is 0.308 e. The zero-order valence-electron chi connectivity index (χ0n) is 28.6. The molecule has 2 bridgehead atoms. The van der Waals surface area contributed by atoms with Gasteiger partial charge in [-0.1, -0.05) is 24.3 Å². The van der Waals surface area contributed by atoms with E-state index in [9.17, 15) is 14.7 Å². The molecule has 266 valence electrons. The van der Waals surface area contributed by atoms with E-state index in [1.54, 1.807) is 31.3 Å². The van der Waals surface area contributed by atoms with Crippen molar-refractivity contribution in [1.82, 2.24) is 9.80 Å². The number of hydrogen-bond acceptors (Lipinski definition) is 10. The van der Waals surface area contributed by atoms with Gasteiger partial charge in [0, 0.05) is 45.1 Å². The standard InChI is InChI=1S/C37H40N4O7.2ClH/c1-38-17-14-34(21-7-5-8-24(42)28(21)41-26(43)10-13-36(38,41)32(34)45)23-19-22-29(31(47-4)30(23)46-3)39(2)25-9-12-33-11-6-16-40-18-15-35(22,25)37(33,40)48-27(44)20-33;;/h5,7-9,12,19,25,42H,6,10-11,13-18,20H2,1-4H3;2*1H/t25-,33-,34-,35-,36+,37+;;/m1../s1. The van der Waals surface area contributed by atoms with Gasteiger partial charge in [-0.15, -0.1) is 24.8 Å². The summed E-state index contributed by atoms with van der Waals surface area (Å²) in [5.41, 5.74) is -0.900. The molecule has 13 heteroatoms. The minimum Gasteiger partial charge on any atom is -0.506 e. The first kappa shape index (κ1) is 33.6. The lowest BCUT2D eigenvalue weighted by Crippen LogP contribution is -2.73. The molecule has 10 rings (SSSR count). The van der Waals surface area contributed by atoms with E-state index >= 15 is 4.79 Å². The molecule has 6 atom stereocenters. The average Bonchev–Trinajstić information content (AvgIpc) is 3.77. The highest BCUT2D eigenvalue weighted by Gasteiger charge is 2.81. The minimum absolute atomic E-state index is 0. The van der Waals surface area contributed by atoms with Crippen LogP contribution in [-0.4, -0.2) is 97.9 Å². The molecular weight excluding hydrogens is 683 g/mol. The molecule has 50 heavy (non-hydrogen) atoms. The Labute approximate surface area is 303 Å². The van der Waals surface area contributed by atoms with Crippen molar-refractivity contribution in [3.05, 3.63) is 53.1 Å². The molecule has 11 nitrogen and oxygen atoms in total. The van der Waals surface area contributed by atoms with Crippen molar-refractivity contribution in [3.8, 4) is 17.2 Å². The second-order valence-electron chi connectivity index (χ2n) is 15.2. The number of amides is 1. The Kier molecular flexibility index (Phi) is 6.93. The van der Waals surface area contributed by atoms with Gasteiger partial charge in [-0.3, -0.25) is 29.1 Å². The zero-order chi connectivity index (χ0) is 33.2. The van der Waals surface area contributed by atoms with E-state index in [1.165, 1.54) is 0 Å². The quantitative estimate of drug-likeness (QED) is 0.368. The number of phenols is 1. The molecule has 0 saturated carbocycles. The smallest absolute Gasteiger partial charge is 0.308 e. The van der Waals surface area contributed by atoms with Crippen LogP contribution in [0.25, 0.3) is 0 Å². The minimum atomic E-state index is -1.25. The highest BCUT2D eigenvalue weighted by molar-refractivity contribution is 6.17. The largest absolute Gasteiger partial charge is 0.506 e. The number of rotatable bonds is 3. The second kappa shape index (κ2) is 10.3. The number of likely N-dealkylation sites (tertiary alicyclic amines) is 1. The number of phenolic OH excluding ortho intramolecular Hbond substituents is 1. The number of hydrogen-bond donors (Lipinski definition) is 1. The first-order chi connectivity index (χ1) is 23.1. The lowest BCUT2D eigenvalue weighted by atomic mass is 9.52. The normalized spacial score (nSPS) is 37.1. The van der Waals surface area contributed by atoms with E-state index in [2.05, 4.69) is 35.1 Å². The zero-order valence-corrected chi connectivity index (χ0v) is 30.2. The predicted octanol–water partition coefficient (Wildman–Crippen LogP) is 4.04. The van der Waals surface area contributed by atoms with Crippen LogP contribution in [0.3, 0.4) is 0 Å². The summed E-state index contributed by atoms with van der Waals surface area (Å²) in [6.07, 6.45) is 8.49. The third kappa shape index (κ3) is 3.15. The van der Waals surface area contributed by atoms with Gasteiger partial charge in [0.25, 0.3) is 0 Å². The van der Waals surface area contributed by atoms with Gasteiger partial charge in [0.05, 0.1) is 54.3 Å². The van der Waals surface area contributed by atoms with Crippen LogP contribution in [0.5, 0.6) is 17.2 Å². The van der Waals surface area contributed by atoms with Crippen molar-refractivity contribution in [1.29, 1.82) is 0 Å². The van der Waals surface area contributed by atoms with Crippen LogP contribution < -0.4 is 19.3 Å². The monoisotopic (exact) mass is 724 g/mol. The molecule has 1 aliphatic carbocycles. The van der Waals surface area contributed by atoms with Crippen molar-refractivity contribution in [3.63, 3.8) is 0 Å². The fraction of sp³-hybridized carbons (Fsp3) is 0.541. The number of esters is 1. The van der Waals surface area contributed by atoms with E-state index in [4.69, 9.17) is 14.2 Å². The molecule has 7 aliphatic heterocycles. The Bertz CT molecular complexity index is 1940. The summed E-state index contributed by atoms with van der Waals surface area (Å²) >= 11 is 0. The summed E-state index contributed by atoms with van der Waals surface area (Å²) in [5.74, 6) is 0.532.